The normalized spacial score (nSPS) is 13.3. The molecule has 0 fully saturated rings. The fraction of sp³-hybridized carbons (Fsp3) is 0.300. The maximum atomic E-state index is 12.2. The van der Waals surface area contributed by atoms with Crippen molar-refractivity contribution in [3.05, 3.63) is 64.5 Å². The first kappa shape index (κ1) is 20.0. The highest BCUT2D eigenvalue weighted by Crippen LogP contribution is 2.18. The lowest BCUT2D eigenvalue weighted by atomic mass is 9.96. The van der Waals surface area contributed by atoms with Crippen LogP contribution in [0.2, 0.25) is 0 Å². The number of hydrogen-bond donors (Lipinski definition) is 1. The summed E-state index contributed by atoms with van der Waals surface area (Å²) in [5.74, 6) is -0.183. The molecule has 1 aromatic carbocycles. The number of carbonyl (C=O) groups excluding carboxylic acids is 2. The average Bonchev–Trinajstić information content (AvgIpc) is 3.06. The van der Waals surface area contributed by atoms with Crippen molar-refractivity contribution in [1.82, 2.24) is 5.32 Å². The Morgan fingerprint density at radius 2 is 1.96 bits per heavy atom. The lowest BCUT2D eigenvalue weighted by Gasteiger charge is -2.18. The minimum atomic E-state index is -0.872. The van der Waals surface area contributed by atoms with Crippen LogP contribution < -0.4 is 5.32 Å². The summed E-state index contributed by atoms with van der Waals surface area (Å²) in [5, 5.41) is 2.85. The van der Waals surface area contributed by atoms with E-state index < -0.39 is 12.1 Å². The van der Waals surface area contributed by atoms with E-state index >= 15 is 0 Å². The van der Waals surface area contributed by atoms with Crippen LogP contribution in [0.15, 0.2) is 57.6 Å². The van der Waals surface area contributed by atoms with Gasteiger partial charge in [0.25, 0.3) is 5.91 Å². The highest BCUT2D eigenvalue weighted by atomic mass is 79.9. The van der Waals surface area contributed by atoms with Crippen LogP contribution in [0.3, 0.4) is 0 Å². The van der Waals surface area contributed by atoms with Crippen LogP contribution in [-0.2, 0) is 14.3 Å². The molecule has 1 amide bonds. The lowest BCUT2D eigenvalue weighted by molar-refractivity contribution is -0.150. The van der Waals surface area contributed by atoms with Crippen molar-refractivity contribution in [3.8, 4) is 0 Å². The van der Waals surface area contributed by atoms with Gasteiger partial charge < -0.3 is 14.5 Å². The van der Waals surface area contributed by atoms with Gasteiger partial charge in [-0.2, -0.15) is 0 Å². The zero-order valence-electron chi connectivity index (χ0n) is 14.8. The number of ether oxygens (including phenoxy) is 1. The number of amides is 1. The molecule has 0 aliphatic heterocycles. The molecule has 2 atom stereocenters. The number of rotatable bonds is 8. The van der Waals surface area contributed by atoms with E-state index in [2.05, 4.69) is 28.2 Å². The molecule has 5 nitrogen and oxygen atoms in total. The summed E-state index contributed by atoms with van der Waals surface area (Å²) in [6.45, 7) is 4.12. The fourth-order valence-corrected chi connectivity index (χ4v) is 2.74. The molecule has 0 radical (unpaired) electrons. The van der Waals surface area contributed by atoms with Gasteiger partial charge in [-0.3, -0.25) is 4.79 Å². The van der Waals surface area contributed by atoms with Crippen LogP contribution in [0.25, 0.3) is 6.08 Å². The van der Waals surface area contributed by atoms with E-state index in [4.69, 9.17) is 9.15 Å². The first-order valence-corrected chi connectivity index (χ1v) is 9.25. The molecule has 1 heterocycles. The Labute approximate surface area is 161 Å². The van der Waals surface area contributed by atoms with E-state index in [9.17, 15) is 9.59 Å². The second-order valence-corrected chi connectivity index (χ2v) is 6.60. The molecule has 26 heavy (non-hydrogen) atoms. The molecule has 0 aliphatic carbocycles. The minimum absolute atomic E-state index is 0.223. The third-order valence-corrected chi connectivity index (χ3v) is 4.35. The third-order valence-electron chi connectivity index (χ3n) is 3.93. The number of esters is 1. The summed E-state index contributed by atoms with van der Waals surface area (Å²) in [7, 11) is 0. The predicted octanol–water partition coefficient (Wildman–Crippen LogP) is 4.30. The van der Waals surface area contributed by atoms with Crippen LogP contribution in [0, 0.1) is 0 Å². The largest absolute Gasteiger partial charge is 0.450 e. The molecule has 0 saturated carbocycles. The van der Waals surface area contributed by atoms with E-state index in [0.29, 0.717) is 17.0 Å². The average molecular weight is 420 g/mol. The highest BCUT2D eigenvalue weighted by molar-refractivity contribution is 9.10. The zero-order chi connectivity index (χ0) is 18.9. The fourth-order valence-electron chi connectivity index (χ4n) is 2.43. The lowest BCUT2D eigenvalue weighted by Crippen LogP contribution is -2.37. The topological polar surface area (TPSA) is 68.5 Å². The number of nitrogens with one attached hydrogen (secondary N) is 1. The van der Waals surface area contributed by atoms with Gasteiger partial charge in [-0.1, -0.05) is 37.3 Å². The summed E-state index contributed by atoms with van der Waals surface area (Å²) < 4.78 is 10.9. The van der Waals surface area contributed by atoms with Gasteiger partial charge in [0.15, 0.2) is 10.8 Å². The van der Waals surface area contributed by atoms with E-state index in [0.717, 1.165) is 6.42 Å². The van der Waals surface area contributed by atoms with Crippen molar-refractivity contribution in [2.45, 2.75) is 32.3 Å². The van der Waals surface area contributed by atoms with Gasteiger partial charge in [0, 0.05) is 18.5 Å². The molecule has 0 bridgehead atoms. The maximum absolute atomic E-state index is 12.2. The van der Waals surface area contributed by atoms with Gasteiger partial charge in [0.2, 0.25) is 0 Å². The van der Waals surface area contributed by atoms with Crippen LogP contribution in [0.4, 0.5) is 0 Å². The van der Waals surface area contributed by atoms with Crippen LogP contribution in [0.1, 0.15) is 37.5 Å². The molecule has 2 rings (SSSR count). The number of halogens is 1. The first-order chi connectivity index (χ1) is 12.5. The summed E-state index contributed by atoms with van der Waals surface area (Å²) >= 11 is 3.18. The van der Waals surface area contributed by atoms with Crippen LogP contribution in [0.5, 0.6) is 0 Å². The molecule has 0 saturated heterocycles. The van der Waals surface area contributed by atoms with Gasteiger partial charge in [-0.25, -0.2) is 4.79 Å². The smallest absolute Gasteiger partial charge is 0.331 e. The van der Waals surface area contributed by atoms with E-state index in [-0.39, 0.29) is 11.8 Å². The Hall–Kier alpha value is -2.34. The number of furan rings is 1. The standard InChI is InChI=1S/C20H22BrNO4/c1-3-15(16-7-5-4-6-8-16)13-22-20(24)14(2)25-19(23)12-10-17-9-11-18(21)26-17/h4-12,14-15H,3,13H2,1-2H3,(H,22,24)/b12-10+/t14-,15+/m1/s1. The summed E-state index contributed by atoms with van der Waals surface area (Å²) in [4.78, 5) is 24.0. The maximum Gasteiger partial charge on any atom is 0.331 e. The molecule has 0 aliphatic rings. The molecule has 138 valence electrons. The second-order valence-electron chi connectivity index (χ2n) is 5.82. The third kappa shape index (κ3) is 6.19. The zero-order valence-corrected chi connectivity index (χ0v) is 16.4. The number of carbonyl (C=O) groups is 2. The second kappa shape index (κ2) is 9.97. The summed E-state index contributed by atoms with van der Waals surface area (Å²) in [6, 6.07) is 13.4. The monoisotopic (exact) mass is 419 g/mol. The molecule has 2 aromatic rings. The SMILES string of the molecule is CC[C@@H](CNC(=O)[C@@H](C)OC(=O)/C=C/c1ccc(Br)o1)c1ccccc1. The van der Waals surface area contributed by atoms with Crippen molar-refractivity contribution in [1.29, 1.82) is 0 Å². The molecule has 0 spiro atoms. The van der Waals surface area contributed by atoms with Crippen molar-refractivity contribution in [2.24, 2.45) is 0 Å². The van der Waals surface area contributed by atoms with Gasteiger partial charge in [-0.15, -0.1) is 0 Å². The minimum Gasteiger partial charge on any atom is -0.450 e. The Balaban J connectivity index is 1.81. The molecule has 1 N–H and O–H groups in total. The Morgan fingerprint density at radius 1 is 1.23 bits per heavy atom. The Morgan fingerprint density at radius 3 is 2.58 bits per heavy atom. The Bertz CT molecular complexity index is 754. The van der Waals surface area contributed by atoms with Gasteiger partial charge >= 0.3 is 5.97 Å². The van der Waals surface area contributed by atoms with E-state index in [1.165, 1.54) is 17.7 Å². The summed E-state index contributed by atoms with van der Waals surface area (Å²) in [6.07, 6.45) is 2.75. The van der Waals surface area contributed by atoms with E-state index in [1.54, 1.807) is 19.1 Å². The van der Waals surface area contributed by atoms with Crippen molar-refractivity contribution in [3.63, 3.8) is 0 Å². The quantitative estimate of drug-likeness (QED) is 0.511. The predicted molar refractivity (Wildman–Crippen MR) is 103 cm³/mol. The Kier molecular flexibility index (Phi) is 7.66. The molecule has 6 heteroatoms. The molecular weight excluding hydrogens is 398 g/mol. The van der Waals surface area contributed by atoms with Gasteiger partial charge in [0.05, 0.1) is 0 Å². The van der Waals surface area contributed by atoms with Gasteiger partial charge in [0.1, 0.15) is 5.76 Å². The van der Waals surface area contributed by atoms with Crippen molar-refractivity contribution >= 4 is 33.9 Å². The van der Waals surface area contributed by atoms with Crippen molar-refractivity contribution in [2.75, 3.05) is 6.54 Å². The first-order valence-electron chi connectivity index (χ1n) is 8.46. The van der Waals surface area contributed by atoms with Crippen LogP contribution >= 0.6 is 15.9 Å². The molecule has 0 unspecified atom stereocenters. The highest BCUT2D eigenvalue weighted by Gasteiger charge is 2.18. The summed E-state index contributed by atoms with van der Waals surface area (Å²) in [5.41, 5.74) is 1.17. The van der Waals surface area contributed by atoms with Crippen LogP contribution in [-0.4, -0.2) is 24.5 Å². The van der Waals surface area contributed by atoms with E-state index in [1.807, 2.05) is 30.3 Å². The molecule has 1 aromatic heterocycles. The van der Waals surface area contributed by atoms with Gasteiger partial charge in [-0.05, 0) is 53.0 Å². The number of hydrogen-bond acceptors (Lipinski definition) is 4. The van der Waals surface area contributed by atoms with Crippen molar-refractivity contribution < 1.29 is 18.7 Å². The molecular formula is C20H22BrNO4. The number of benzene rings is 1.